The molecule has 1 N–H and O–H groups in total. The molecule has 1 aliphatic carbocycles. The van der Waals surface area contributed by atoms with E-state index in [0.717, 1.165) is 11.6 Å². The lowest BCUT2D eigenvalue weighted by Crippen LogP contribution is -2.30. The lowest BCUT2D eigenvalue weighted by molar-refractivity contribution is 0.285. The van der Waals surface area contributed by atoms with Crippen molar-refractivity contribution in [2.75, 3.05) is 5.32 Å². The zero-order valence-corrected chi connectivity index (χ0v) is 9.25. The Hall–Kier alpha value is -0.990. The zero-order valence-electron chi connectivity index (χ0n) is 9.25. The van der Waals surface area contributed by atoms with Gasteiger partial charge in [0.2, 0.25) is 0 Å². The van der Waals surface area contributed by atoms with Gasteiger partial charge in [0.15, 0.2) is 0 Å². The number of rotatable bonds is 3. The number of aryl methyl sites for hydroxylation is 2. The quantitative estimate of drug-likeness (QED) is 0.798. The van der Waals surface area contributed by atoms with Crippen LogP contribution < -0.4 is 5.32 Å². The topological polar surface area (TPSA) is 29.9 Å². The van der Waals surface area contributed by atoms with Crippen molar-refractivity contribution < 1.29 is 0 Å². The lowest BCUT2D eigenvalue weighted by atomic mass is 9.80. The first kappa shape index (κ1) is 9.56. The molecule has 3 heteroatoms. The molecule has 1 atom stereocenters. The molecule has 1 fully saturated rings. The van der Waals surface area contributed by atoms with E-state index in [1.165, 1.54) is 24.9 Å². The number of hydrogen-bond acceptors (Lipinski definition) is 2. The van der Waals surface area contributed by atoms with Crippen LogP contribution in [0.3, 0.4) is 0 Å². The normalized spacial score (nSPS) is 19.1. The average molecular weight is 193 g/mol. The highest BCUT2D eigenvalue weighted by Crippen LogP contribution is 2.31. The van der Waals surface area contributed by atoms with E-state index in [1.54, 1.807) is 0 Å². The first-order chi connectivity index (χ1) is 6.66. The summed E-state index contributed by atoms with van der Waals surface area (Å²) in [6.45, 7) is 4.33. The van der Waals surface area contributed by atoms with Gasteiger partial charge >= 0.3 is 0 Å². The molecule has 1 unspecified atom stereocenters. The molecule has 1 aromatic rings. The molecular weight excluding hydrogens is 174 g/mol. The van der Waals surface area contributed by atoms with Gasteiger partial charge < -0.3 is 5.32 Å². The van der Waals surface area contributed by atoms with Crippen LogP contribution in [-0.2, 0) is 7.05 Å². The van der Waals surface area contributed by atoms with Gasteiger partial charge in [-0.3, -0.25) is 4.68 Å². The van der Waals surface area contributed by atoms with Gasteiger partial charge in [0.25, 0.3) is 0 Å². The van der Waals surface area contributed by atoms with Crippen molar-refractivity contribution in [1.82, 2.24) is 9.78 Å². The number of nitrogens with one attached hydrogen (secondary N) is 1. The molecule has 0 bridgehead atoms. The van der Waals surface area contributed by atoms with E-state index in [1.807, 2.05) is 11.7 Å². The van der Waals surface area contributed by atoms with E-state index in [4.69, 9.17) is 0 Å². The van der Waals surface area contributed by atoms with Gasteiger partial charge in [-0.15, -0.1) is 0 Å². The minimum absolute atomic E-state index is 0.589. The number of hydrogen-bond donors (Lipinski definition) is 1. The van der Waals surface area contributed by atoms with Crippen LogP contribution in [-0.4, -0.2) is 15.8 Å². The number of anilines is 1. The molecule has 14 heavy (non-hydrogen) atoms. The van der Waals surface area contributed by atoms with Crippen molar-refractivity contribution in [2.45, 2.75) is 39.2 Å². The Morgan fingerprint density at radius 3 is 2.71 bits per heavy atom. The minimum Gasteiger partial charge on any atom is -0.380 e. The summed E-state index contributed by atoms with van der Waals surface area (Å²) in [6.07, 6.45) is 6.23. The van der Waals surface area contributed by atoms with Crippen molar-refractivity contribution in [2.24, 2.45) is 13.0 Å². The first-order valence-corrected chi connectivity index (χ1v) is 5.43. The Morgan fingerprint density at radius 2 is 2.29 bits per heavy atom. The van der Waals surface area contributed by atoms with Gasteiger partial charge in [-0.1, -0.05) is 6.42 Å². The van der Waals surface area contributed by atoms with Crippen LogP contribution in [0.4, 0.5) is 5.69 Å². The summed E-state index contributed by atoms with van der Waals surface area (Å²) >= 11 is 0. The van der Waals surface area contributed by atoms with Crippen molar-refractivity contribution in [3.8, 4) is 0 Å². The molecule has 1 aliphatic rings. The predicted molar refractivity (Wildman–Crippen MR) is 58.4 cm³/mol. The minimum atomic E-state index is 0.589. The van der Waals surface area contributed by atoms with Gasteiger partial charge in [-0.05, 0) is 32.6 Å². The van der Waals surface area contributed by atoms with E-state index in [0.29, 0.717) is 6.04 Å². The summed E-state index contributed by atoms with van der Waals surface area (Å²) in [5.41, 5.74) is 2.28. The fourth-order valence-electron chi connectivity index (χ4n) is 2.04. The summed E-state index contributed by atoms with van der Waals surface area (Å²) in [5, 5.41) is 7.87. The predicted octanol–water partition coefficient (Wildman–Crippen LogP) is 2.33. The SMILES string of the molecule is Cc1nn(C)cc1NC(C)C1CCC1. The first-order valence-electron chi connectivity index (χ1n) is 5.43. The highest BCUT2D eigenvalue weighted by molar-refractivity contribution is 5.46. The van der Waals surface area contributed by atoms with E-state index < -0.39 is 0 Å². The molecule has 0 saturated heterocycles. The molecule has 3 nitrogen and oxygen atoms in total. The van der Waals surface area contributed by atoms with E-state index >= 15 is 0 Å². The third-order valence-corrected chi connectivity index (χ3v) is 3.25. The zero-order chi connectivity index (χ0) is 10.1. The fourth-order valence-corrected chi connectivity index (χ4v) is 2.04. The van der Waals surface area contributed by atoms with Crippen molar-refractivity contribution in [3.63, 3.8) is 0 Å². The number of nitrogens with zero attached hydrogens (tertiary/aromatic N) is 2. The Morgan fingerprint density at radius 1 is 1.57 bits per heavy atom. The third-order valence-electron chi connectivity index (χ3n) is 3.25. The van der Waals surface area contributed by atoms with E-state index in [9.17, 15) is 0 Å². The van der Waals surface area contributed by atoms with Crippen LogP contribution in [0.25, 0.3) is 0 Å². The molecule has 1 aromatic heterocycles. The highest BCUT2D eigenvalue weighted by Gasteiger charge is 2.24. The van der Waals surface area contributed by atoms with Crippen LogP contribution in [0.1, 0.15) is 31.9 Å². The summed E-state index contributed by atoms with van der Waals surface area (Å²) < 4.78 is 1.87. The third kappa shape index (κ3) is 1.76. The van der Waals surface area contributed by atoms with E-state index in [2.05, 4.69) is 30.5 Å². The van der Waals surface area contributed by atoms with Gasteiger partial charge in [0.05, 0.1) is 11.4 Å². The molecule has 1 saturated carbocycles. The second kappa shape index (κ2) is 3.64. The summed E-state index contributed by atoms with van der Waals surface area (Å²) in [4.78, 5) is 0. The average Bonchev–Trinajstić information content (AvgIpc) is 2.26. The monoisotopic (exact) mass is 193 g/mol. The molecule has 1 heterocycles. The Kier molecular flexibility index (Phi) is 2.48. The molecule has 78 valence electrons. The van der Waals surface area contributed by atoms with Gasteiger partial charge in [0, 0.05) is 19.3 Å². The van der Waals surface area contributed by atoms with Gasteiger partial charge in [0.1, 0.15) is 0 Å². The van der Waals surface area contributed by atoms with Crippen molar-refractivity contribution in [1.29, 1.82) is 0 Å². The summed E-state index contributed by atoms with van der Waals surface area (Å²) in [5.74, 6) is 0.870. The van der Waals surface area contributed by atoms with Crippen molar-refractivity contribution in [3.05, 3.63) is 11.9 Å². The summed E-state index contributed by atoms with van der Waals surface area (Å²) in [7, 11) is 1.96. The fraction of sp³-hybridized carbons (Fsp3) is 0.727. The Labute approximate surface area is 85.5 Å². The maximum Gasteiger partial charge on any atom is 0.0825 e. The standard InChI is InChI=1S/C11H19N3/c1-8(10-5-4-6-10)12-11-7-14(3)13-9(11)2/h7-8,10,12H,4-6H2,1-3H3. The van der Waals surface area contributed by atoms with Crippen LogP contribution in [0, 0.1) is 12.8 Å². The number of aromatic nitrogens is 2. The largest absolute Gasteiger partial charge is 0.380 e. The molecule has 0 spiro atoms. The second-order valence-electron chi connectivity index (χ2n) is 4.43. The van der Waals surface area contributed by atoms with Gasteiger partial charge in [-0.2, -0.15) is 5.10 Å². The van der Waals surface area contributed by atoms with E-state index in [-0.39, 0.29) is 0 Å². The van der Waals surface area contributed by atoms with Crippen LogP contribution in [0.2, 0.25) is 0 Å². The molecular formula is C11H19N3. The van der Waals surface area contributed by atoms with Gasteiger partial charge in [-0.25, -0.2) is 0 Å². The maximum absolute atomic E-state index is 4.32. The lowest BCUT2D eigenvalue weighted by Gasteiger charge is -2.32. The van der Waals surface area contributed by atoms with Crippen LogP contribution in [0.5, 0.6) is 0 Å². The molecule has 0 amide bonds. The molecule has 0 radical (unpaired) electrons. The van der Waals surface area contributed by atoms with Crippen LogP contribution in [0.15, 0.2) is 6.20 Å². The molecule has 0 aromatic carbocycles. The van der Waals surface area contributed by atoms with Crippen LogP contribution >= 0.6 is 0 Å². The summed E-state index contributed by atoms with van der Waals surface area (Å²) in [6, 6.07) is 0.589. The highest BCUT2D eigenvalue weighted by atomic mass is 15.3. The molecule has 2 rings (SSSR count). The Bertz CT molecular complexity index is 312. The maximum atomic E-state index is 4.32. The Balaban J connectivity index is 1.98. The smallest absolute Gasteiger partial charge is 0.0825 e. The second-order valence-corrected chi connectivity index (χ2v) is 4.43. The molecule has 0 aliphatic heterocycles. The van der Waals surface area contributed by atoms with Crippen molar-refractivity contribution >= 4 is 5.69 Å².